The van der Waals surface area contributed by atoms with Crippen molar-refractivity contribution in [1.29, 1.82) is 0 Å². The van der Waals surface area contributed by atoms with Gasteiger partial charge in [-0.15, -0.1) is 11.3 Å². The van der Waals surface area contributed by atoms with Crippen LogP contribution < -0.4 is 19.9 Å². The number of nitrogens with zero attached hydrogens (tertiary/aromatic N) is 1. The maximum atomic E-state index is 12.0. The molecule has 0 atom stereocenters. The molecule has 25 heavy (non-hydrogen) atoms. The normalized spacial score (nSPS) is 11.2. The average Bonchev–Trinajstić information content (AvgIpc) is 3.07. The number of primary sulfonamides is 1. The third kappa shape index (κ3) is 5.41. The Hall–Kier alpha value is -2.17. The number of thiazole rings is 1. The van der Waals surface area contributed by atoms with E-state index in [1.165, 1.54) is 11.3 Å². The number of nitrogens with one attached hydrogen (secondary N) is 1. The molecule has 0 aliphatic carbocycles. The molecule has 0 saturated heterocycles. The second-order valence-electron chi connectivity index (χ2n) is 5.08. The average molecular weight is 385 g/mol. The van der Waals surface area contributed by atoms with Crippen molar-refractivity contribution in [3.8, 4) is 22.1 Å². The topological polar surface area (TPSA) is 121 Å². The highest BCUT2D eigenvalue weighted by atomic mass is 32.2. The first-order valence-electron chi connectivity index (χ1n) is 7.30. The Balaban J connectivity index is 2.03. The molecule has 0 spiro atoms. The smallest absolute Gasteiger partial charge is 0.270 e. The summed E-state index contributed by atoms with van der Waals surface area (Å²) < 4.78 is 32.1. The molecule has 2 rings (SSSR count). The Bertz CT molecular complexity index is 849. The number of hydrogen-bond donors (Lipinski definition) is 2. The van der Waals surface area contributed by atoms with E-state index in [-0.39, 0.29) is 30.3 Å². The van der Waals surface area contributed by atoms with Crippen LogP contribution in [-0.2, 0) is 10.0 Å². The zero-order valence-corrected chi connectivity index (χ0v) is 15.4. The van der Waals surface area contributed by atoms with E-state index in [2.05, 4.69) is 10.3 Å². The molecule has 0 bridgehead atoms. The zero-order chi connectivity index (χ0) is 18.4. The quantitative estimate of drug-likeness (QED) is 0.660. The molecule has 8 nitrogen and oxygen atoms in total. The monoisotopic (exact) mass is 385 g/mol. The summed E-state index contributed by atoms with van der Waals surface area (Å²) in [6.07, 6.45) is 0.247. The van der Waals surface area contributed by atoms with Gasteiger partial charge in [-0.3, -0.25) is 4.79 Å². The van der Waals surface area contributed by atoms with Gasteiger partial charge >= 0.3 is 0 Å². The maximum absolute atomic E-state index is 12.0. The molecule has 136 valence electrons. The molecule has 0 unspecified atom stereocenters. The number of amides is 1. The van der Waals surface area contributed by atoms with Gasteiger partial charge in [-0.1, -0.05) is 0 Å². The molecule has 1 aromatic carbocycles. The molecule has 0 aliphatic heterocycles. The van der Waals surface area contributed by atoms with Crippen molar-refractivity contribution in [3.05, 3.63) is 29.3 Å². The number of sulfonamides is 1. The number of benzene rings is 1. The fourth-order valence-electron chi connectivity index (χ4n) is 2.05. The zero-order valence-electron chi connectivity index (χ0n) is 13.8. The highest BCUT2D eigenvalue weighted by Crippen LogP contribution is 2.33. The van der Waals surface area contributed by atoms with Gasteiger partial charge in [-0.2, -0.15) is 0 Å². The van der Waals surface area contributed by atoms with Crippen LogP contribution in [0.15, 0.2) is 23.6 Å². The summed E-state index contributed by atoms with van der Waals surface area (Å²) in [5.74, 6) is 0.638. The lowest BCUT2D eigenvalue weighted by atomic mass is 10.2. The van der Waals surface area contributed by atoms with Gasteiger partial charge in [0.2, 0.25) is 10.0 Å². The van der Waals surface area contributed by atoms with Crippen molar-refractivity contribution < 1.29 is 22.7 Å². The summed E-state index contributed by atoms with van der Waals surface area (Å²) in [5, 5.41) is 9.83. The molecule has 1 heterocycles. The lowest BCUT2D eigenvalue weighted by Gasteiger charge is -2.08. The third-order valence-electron chi connectivity index (χ3n) is 3.26. The lowest BCUT2D eigenvalue weighted by Crippen LogP contribution is -2.27. The second-order valence-corrected chi connectivity index (χ2v) is 7.68. The molecule has 0 radical (unpaired) electrons. The molecular weight excluding hydrogens is 366 g/mol. The minimum atomic E-state index is -3.52. The summed E-state index contributed by atoms with van der Waals surface area (Å²) in [5.41, 5.74) is 1.07. The predicted molar refractivity (Wildman–Crippen MR) is 95.6 cm³/mol. The second kappa shape index (κ2) is 8.28. The maximum Gasteiger partial charge on any atom is 0.270 e. The Morgan fingerprint density at radius 2 is 2.00 bits per heavy atom. The van der Waals surface area contributed by atoms with Crippen LogP contribution in [0.3, 0.4) is 0 Å². The molecule has 1 amide bonds. The molecule has 3 N–H and O–H groups in total. The first-order chi connectivity index (χ1) is 11.8. The van der Waals surface area contributed by atoms with Crippen LogP contribution in [0.5, 0.6) is 11.5 Å². The first kappa shape index (κ1) is 19.2. The van der Waals surface area contributed by atoms with Crippen molar-refractivity contribution in [2.45, 2.75) is 6.42 Å². The van der Waals surface area contributed by atoms with Crippen molar-refractivity contribution >= 4 is 27.3 Å². The van der Waals surface area contributed by atoms with Gasteiger partial charge in [0.05, 0.1) is 20.0 Å². The van der Waals surface area contributed by atoms with Gasteiger partial charge in [0.15, 0.2) is 11.5 Å². The van der Waals surface area contributed by atoms with E-state index in [1.807, 2.05) is 6.07 Å². The molecule has 1 aromatic heterocycles. The van der Waals surface area contributed by atoms with Crippen molar-refractivity contribution in [1.82, 2.24) is 10.3 Å². The van der Waals surface area contributed by atoms with E-state index in [0.29, 0.717) is 16.5 Å². The van der Waals surface area contributed by atoms with Crippen LogP contribution in [0.1, 0.15) is 16.9 Å². The van der Waals surface area contributed by atoms with Crippen molar-refractivity contribution in [2.24, 2.45) is 5.14 Å². The minimum Gasteiger partial charge on any atom is -0.493 e. The summed E-state index contributed by atoms with van der Waals surface area (Å²) in [4.78, 5) is 16.4. The lowest BCUT2D eigenvalue weighted by molar-refractivity contribution is 0.0949. The van der Waals surface area contributed by atoms with E-state index >= 15 is 0 Å². The fraction of sp³-hybridized carbons (Fsp3) is 0.333. The van der Waals surface area contributed by atoms with Gasteiger partial charge in [0, 0.05) is 17.5 Å². The van der Waals surface area contributed by atoms with E-state index in [9.17, 15) is 13.2 Å². The Morgan fingerprint density at radius 3 is 2.64 bits per heavy atom. The Kier molecular flexibility index (Phi) is 6.34. The molecule has 2 aromatic rings. The number of ether oxygens (including phenoxy) is 2. The van der Waals surface area contributed by atoms with Gasteiger partial charge in [0.25, 0.3) is 5.91 Å². The Labute approximate surface area is 150 Å². The van der Waals surface area contributed by atoms with Gasteiger partial charge in [-0.05, 0) is 24.6 Å². The highest BCUT2D eigenvalue weighted by molar-refractivity contribution is 7.89. The number of methoxy groups -OCH3 is 2. The van der Waals surface area contributed by atoms with Crippen LogP contribution in [0.4, 0.5) is 0 Å². The first-order valence-corrected chi connectivity index (χ1v) is 9.90. The molecule has 10 heteroatoms. The summed E-state index contributed by atoms with van der Waals surface area (Å²) >= 11 is 1.32. The van der Waals surface area contributed by atoms with Gasteiger partial charge in [-0.25, -0.2) is 18.5 Å². The fourth-order valence-corrected chi connectivity index (χ4v) is 3.39. The molecule has 0 aliphatic rings. The number of hydrogen-bond acceptors (Lipinski definition) is 7. The number of nitrogens with two attached hydrogens (primary N) is 1. The van der Waals surface area contributed by atoms with Gasteiger partial charge in [0.1, 0.15) is 10.7 Å². The SMILES string of the molecule is COc1ccc(-c2nc(C(=O)NCCCS(N)(=O)=O)cs2)cc1OC. The van der Waals surface area contributed by atoms with Gasteiger partial charge < -0.3 is 14.8 Å². The minimum absolute atomic E-state index is 0.179. The van der Waals surface area contributed by atoms with Crippen molar-refractivity contribution in [2.75, 3.05) is 26.5 Å². The van der Waals surface area contributed by atoms with Crippen LogP contribution in [-0.4, -0.2) is 45.8 Å². The van der Waals surface area contributed by atoms with E-state index in [0.717, 1.165) is 5.56 Å². The molecule has 0 saturated carbocycles. The number of carbonyl (C=O) groups excluding carboxylic acids is 1. The summed E-state index contributed by atoms with van der Waals surface area (Å²) in [6, 6.07) is 5.38. The molecular formula is C15H19N3O5S2. The van der Waals surface area contributed by atoms with Crippen LogP contribution in [0.2, 0.25) is 0 Å². The number of aromatic nitrogens is 1. The summed E-state index contributed by atoms with van der Waals surface area (Å²) in [7, 11) is -0.418. The molecule has 0 fully saturated rings. The highest BCUT2D eigenvalue weighted by Gasteiger charge is 2.13. The number of rotatable bonds is 8. The van der Waals surface area contributed by atoms with E-state index in [1.54, 1.807) is 31.7 Å². The number of carbonyl (C=O) groups is 1. The van der Waals surface area contributed by atoms with Crippen LogP contribution in [0, 0.1) is 0 Å². The van der Waals surface area contributed by atoms with Crippen LogP contribution in [0.25, 0.3) is 10.6 Å². The van der Waals surface area contributed by atoms with E-state index < -0.39 is 10.0 Å². The third-order valence-corrected chi connectivity index (χ3v) is 5.01. The van der Waals surface area contributed by atoms with Crippen molar-refractivity contribution in [3.63, 3.8) is 0 Å². The van der Waals surface area contributed by atoms with E-state index in [4.69, 9.17) is 14.6 Å². The van der Waals surface area contributed by atoms with Crippen LogP contribution >= 0.6 is 11.3 Å². The Morgan fingerprint density at radius 1 is 1.28 bits per heavy atom. The summed E-state index contributed by atoms with van der Waals surface area (Å²) in [6.45, 7) is 0.207. The predicted octanol–water partition coefficient (Wildman–Crippen LogP) is 1.24. The standard InChI is InChI=1S/C15H19N3O5S2/c1-22-12-5-4-10(8-13(12)23-2)15-18-11(9-24-15)14(19)17-6-3-7-25(16,20)21/h4-5,8-9H,3,6-7H2,1-2H3,(H,17,19)(H2,16,20,21). The largest absolute Gasteiger partial charge is 0.493 e.